The van der Waals surface area contributed by atoms with Gasteiger partial charge in [-0.1, -0.05) is 13.3 Å². The van der Waals surface area contributed by atoms with E-state index in [0.717, 1.165) is 37.9 Å². The molecule has 3 atom stereocenters. The molecule has 1 aliphatic heterocycles. The average molecular weight is 317 g/mol. The third-order valence-corrected chi connectivity index (χ3v) is 5.07. The van der Waals surface area contributed by atoms with E-state index in [1.807, 2.05) is 17.9 Å². The van der Waals surface area contributed by atoms with Gasteiger partial charge in [-0.15, -0.1) is 0 Å². The number of aryl methyl sites for hydroxylation is 1. The summed E-state index contributed by atoms with van der Waals surface area (Å²) in [6.45, 7) is 7.51. The van der Waals surface area contributed by atoms with Gasteiger partial charge in [0.15, 0.2) is 5.96 Å². The van der Waals surface area contributed by atoms with E-state index >= 15 is 0 Å². The van der Waals surface area contributed by atoms with Crippen molar-refractivity contribution in [3.05, 3.63) is 18.0 Å². The standard InChI is InChI=1S/C18H31N5/c1-4-6-16-10-17(16)21-18(19-5-2)23-8-7-14(13-23)9-15-11-20-22(3)12-15/h11-12,14,16-17H,4-10,13H2,1-3H3,(H,19,21). The minimum absolute atomic E-state index is 0.664. The fraction of sp³-hybridized carbons (Fsp3) is 0.778. The number of rotatable bonds is 6. The maximum Gasteiger partial charge on any atom is 0.194 e. The first-order valence-corrected chi connectivity index (χ1v) is 9.23. The van der Waals surface area contributed by atoms with Gasteiger partial charge in [0.1, 0.15) is 0 Å². The average Bonchev–Trinajstić information content (AvgIpc) is 2.92. The number of nitrogens with zero attached hydrogens (tertiary/aromatic N) is 4. The Kier molecular flexibility index (Phi) is 5.23. The van der Waals surface area contributed by atoms with E-state index in [9.17, 15) is 0 Å². The zero-order chi connectivity index (χ0) is 16.2. The molecule has 2 heterocycles. The first kappa shape index (κ1) is 16.3. The number of hydrogen-bond donors (Lipinski definition) is 1. The van der Waals surface area contributed by atoms with Crippen molar-refractivity contribution in [3.63, 3.8) is 0 Å². The predicted octanol–water partition coefficient (Wildman–Crippen LogP) is 2.44. The molecule has 0 amide bonds. The Morgan fingerprint density at radius 3 is 3.00 bits per heavy atom. The van der Waals surface area contributed by atoms with Crippen LogP contribution in [-0.2, 0) is 13.5 Å². The second-order valence-electron chi connectivity index (χ2n) is 7.16. The summed E-state index contributed by atoms with van der Waals surface area (Å²) in [6, 6.07) is 0.664. The maximum atomic E-state index is 4.74. The highest BCUT2D eigenvalue weighted by molar-refractivity contribution is 5.81. The molecule has 128 valence electrons. The van der Waals surface area contributed by atoms with Gasteiger partial charge < -0.3 is 10.2 Å². The van der Waals surface area contributed by atoms with Gasteiger partial charge in [-0.25, -0.2) is 0 Å². The molecule has 1 aliphatic carbocycles. The highest BCUT2D eigenvalue weighted by Crippen LogP contribution is 2.35. The summed E-state index contributed by atoms with van der Waals surface area (Å²) >= 11 is 0. The molecule has 1 aromatic rings. The largest absolute Gasteiger partial charge is 0.353 e. The van der Waals surface area contributed by atoms with Crippen LogP contribution in [0.3, 0.4) is 0 Å². The van der Waals surface area contributed by atoms with Crippen LogP contribution in [0.2, 0.25) is 0 Å². The number of guanidine groups is 1. The lowest BCUT2D eigenvalue weighted by Gasteiger charge is -2.22. The topological polar surface area (TPSA) is 45.5 Å². The summed E-state index contributed by atoms with van der Waals surface area (Å²) in [5, 5.41) is 8.00. The summed E-state index contributed by atoms with van der Waals surface area (Å²) in [5.41, 5.74) is 1.35. The van der Waals surface area contributed by atoms with E-state index in [1.165, 1.54) is 31.2 Å². The molecule has 2 fully saturated rings. The molecule has 3 rings (SSSR count). The van der Waals surface area contributed by atoms with Gasteiger partial charge in [0.25, 0.3) is 0 Å². The first-order chi connectivity index (χ1) is 11.2. The second kappa shape index (κ2) is 7.37. The Labute approximate surface area is 140 Å². The van der Waals surface area contributed by atoms with Gasteiger partial charge >= 0.3 is 0 Å². The van der Waals surface area contributed by atoms with Gasteiger partial charge in [-0.05, 0) is 50.0 Å². The van der Waals surface area contributed by atoms with Gasteiger partial charge in [0.05, 0.1) is 6.20 Å². The van der Waals surface area contributed by atoms with E-state index in [4.69, 9.17) is 4.99 Å². The maximum absolute atomic E-state index is 4.74. The number of nitrogens with one attached hydrogen (secondary N) is 1. The van der Waals surface area contributed by atoms with Gasteiger partial charge in [0.2, 0.25) is 0 Å². The number of aromatic nitrogens is 2. The Hall–Kier alpha value is -1.52. The molecule has 23 heavy (non-hydrogen) atoms. The number of hydrogen-bond acceptors (Lipinski definition) is 2. The molecular formula is C18H31N5. The molecule has 1 N–H and O–H groups in total. The minimum Gasteiger partial charge on any atom is -0.353 e. The SMILES string of the molecule is CCCC1CC1NC(=NCC)N1CCC(Cc2cnn(C)c2)C1. The zero-order valence-corrected chi connectivity index (χ0v) is 14.8. The molecule has 5 nitrogen and oxygen atoms in total. The molecule has 0 spiro atoms. The Morgan fingerprint density at radius 1 is 1.43 bits per heavy atom. The fourth-order valence-corrected chi connectivity index (χ4v) is 3.77. The van der Waals surface area contributed by atoms with Crippen molar-refractivity contribution in [1.29, 1.82) is 0 Å². The van der Waals surface area contributed by atoms with E-state index in [1.54, 1.807) is 0 Å². The Morgan fingerprint density at radius 2 is 2.30 bits per heavy atom. The molecule has 1 saturated heterocycles. The van der Waals surface area contributed by atoms with Crippen molar-refractivity contribution in [2.45, 2.75) is 52.0 Å². The molecule has 3 unspecified atom stereocenters. The lowest BCUT2D eigenvalue weighted by atomic mass is 10.0. The van der Waals surface area contributed by atoms with Crippen molar-refractivity contribution < 1.29 is 0 Å². The molecule has 1 saturated carbocycles. The quantitative estimate of drug-likeness (QED) is 0.647. The number of likely N-dealkylation sites (tertiary alicyclic amines) is 1. The van der Waals surface area contributed by atoms with Crippen LogP contribution in [0.25, 0.3) is 0 Å². The van der Waals surface area contributed by atoms with E-state index in [2.05, 4.69) is 35.4 Å². The fourth-order valence-electron chi connectivity index (χ4n) is 3.77. The van der Waals surface area contributed by atoms with Crippen LogP contribution in [0.1, 0.15) is 45.1 Å². The molecule has 0 radical (unpaired) electrons. The zero-order valence-electron chi connectivity index (χ0n) is 14.8. The van der Waals surface area contributed by atoms with Crippen molar-refractivity contribution in [2.75, 3.05) is 19.6 Å². The van der Waals surface area contributed by atoms with Crippen molar-refractivity contribution in [1.82, 2.24) is 20.0 Å². The van der Waals surface area contributed by atoms with Crippen molar-refractivity contribution in [2.24, 2.45) is 23.9 Å². The molecular weight excluding hydrogens is 286 g/mol. The van der Waals surface area contributed by atoms with Gasteiger partial charge in [-0.2, -0.15) is 5.10 Å². The highest BCUT2D eigenvalue weighted by Gasteiger charge is 2.38. The van der Waals surface area contributed by atoms with E-state index in [0.29, 0.717) is 12.0 Å². The van der Waals surface area contributed by atoms with Crippen LogP contribution in [0.5, 0.6) is 0 Å². The van der Waals surface area contributed by atoms with Crippen LogP contribution in [0.15, 0.2) is 17.4 Å². The minimum atomic E-state index is 0.664. The second-order valence-corrected chi connectivity index (χ2v) is 7.16. The normalized spacial score (nSPS) is 27.5. The third-order valence-electron chi connectivity index (χ3n) is 5.07. The summed E-state index contributed by atoms with van der Waals surface area (Å²) in [7, 11) is 1.99. The van der Waals surface area contributed by atoms with Crippen molar-refractivity contribution >= 4 is 5.96 Å². The summed E-state index contributed by atoms with van der Waals surface area (Å²) in [6.07, 6.45) is 10.5. The van der Waals surface area contributed by atoms with Crippen molar-refractivity contribution in [3.8, 4) is 0 Å². The first-order valence-electron chi connectivity index (χ1n) is 9.23. The van der Waals surface area contributed by atoms with Crippen LogP contribution in [0, 0.1) is 11.8 Å². The summed E-state index contributed by atoms with van der Waals surface area (Å²) < 4.78 is 1.90. The summed E-state index contributed by atoms with van der Waals surface area (Å²) in [4.78, 5) is 7.21. The lowest BCUT2D eigenvalue weighted by Crippen LogP contribution is -2.42. The third kappa shape index (κ3) is 4.27. The molecule has 0 bridgehead atoms. The monoisotopic (exact) mass is 317 g/mol. The predicted molar refractivity (Wildman–Crippen MR) is 94.5 cm³/mol. The lowest BCUT2D eigenvalue weighted by molar-refractivity contribution is 0.456. The molecule has 1 aromatic heterocycles. The van der Waals surface area contributed by atoms with Crippen LogP contribution >= 0.6 is 0 Å². The van der Waals surface area contributed by atoms with Crippen LogP contribution in [0.4, 0.5) is 0 Å². The Bertz CT molecular complexity index is 535. The molecule has 2 aliphatic rings. The molecule has 5 heteroatoms. The van der Waals surface area contributed by atoms with Gasteiger partial charge in [-0.3, -0.25) is 9.67 Å². The number of aliphatic imine (C=N–C) groups is 1. The smallest absolute Gasteiger partial charge is 0.194 e. The highest BCUT2D eigenvalue weighted by atomic mass is 15.3. The van der Waals surface area contributed by atoms with Crippen LogP contribution < -0.4 is 5.32 Å². The molecule has 0 aromatic carbocycles. The van der Waals surface area contributed by atoms with Crippen LogP contribution in [-0.4, -0.2) is 46.3 Å². The van der Waals surface area contributed by atoms with Gasteiger partial charge in [0, 0.05) is 38.9 Å². The summed E-state index contributed by atoms with van der Waals surface area (Å²) in [5.74, 6) is 2.73. The Balaban J connectivity index is 1.52. The van der Waals surface area contributed by atoms with E-state index < -0.39 is 0 Å². The van der Waals surface area contributed by atoms with E-state index in [-0.39, 0.29) is 0 Å².